The van der Waals surface area contributed by atoms with E-state index in [-0.39, 0.29) is 12.1 Å². The summed E-state index contributed by atoms with van der Waals surface area (Å²) in [4.78, 5) is 20.7. The Labute approximate surface area is 143 Å². The third-order valence-corrected chi connectivity index (χ3v) is 4.35. The second-order valence-electron chi connectivity index (χ2n) is 7.37. The molecule has 0 bridgehead atoms. The summed E-state index contributed by atoms with van der Waals surface area (Å²) in [6, 6.07) is 10.5. The highest BCUT2D eigenvalue weighted by atomic mass is 16.6. The molecule has 1 amide bonds. The third-order valence-electron chi connectivity index (χ3n) is 4.35. The van der Waals surface area contributed by atoms with Crippen molar-refractivity contribution in [3.8, 4) is 0 Å². The molecule has 2 heterocycles. The lowest BCUT2D eigenvalue weighted by Gasteiger charge is -2.28. The quantitative estimate of drug-likeness (QED) is 0.844. The molecular formula is C19H25N3O2. The Balaban J connectivity index is 1.69. The number of hydrogen-bond acceptors (Lipinski definition) is 4. The number of carbonyl (C=O) groups excluding carboxylic acids is 1. The van der Waals surface area contributed by atoms with Gasteiger partial charge in [-0.25, -0.2) is 4.79 Å². The van der Waals surface area contributed by atoms with Gasteiger partial charge in [-0.2, -0.15) is 0 Å². The summed E-state index contributed by atoms with van der Waals surface area (Å²) in [6.45, 7) is 7.09. The van der Waals surface area contributed by atoms with Gasteiger partial charge in [-0.3, -0.25) is 4.98 Å². The van der Waals surface area contributed by atoms with Crippen molar-refractivity contribution >= 4 is 22.7 Å². The molecule has 1 fully saturated rings. The predicted molar refractivity (Wildman–Crippen MR) is 96.4 cm³/mol. The summed E-state index contributed by atoms with van der Waals surface area (Å²) in [7, 11) is 2.06. The zero-order chi connectivity index (χ0) is 17.3. The molecule has 5 nitrogen and oxygen atoms in total. The molecule has 1 aliphatic heterocycles. The molecule has 0 spiro atoms. The van der Waals surface area contributed by atoms with E-state index in [9.17, 15) is 4.79 Å². The number of aromatic nitrogens is 1. The zero-order valence-electron chi connectivity index (χ0n) is 14.8. The maximum absolute atomic E-state index is 12.2. The normalized spacial score (nSPS) is 18.0. The standard InChI is InChI=1S/C19H25N3O2/c1-19(2,3)24-18(23)22-10-9-15(13-22)21(4)16-11-14-7-5-6-8-17(14)20-12-16/h5-8,11-12,15H,9-10,13H2,1-4H3/t15-/m1/s1. The van der Waals surface area contributed by atoms with Gasteiger partial charge >= 0.3 is 6.09 Å². The first-order valence-electron chi connectivity index (χ1n) is 8.39. The van der Waals surface area contributed by atoms with Gasteiger partial charge in [-0.05, 0) is 39.3 Å². The van der Waals surface area contributed by atoms with Crippen molar-refractivity contribution in [2.45, 2.75) is 38.8 Å². The SMILES string of the molecule is CN(c1cnc2ccccc2c1)[C@@H]1CCN(C(=O)OC(C)(C)C)C1. The number of benzene rings is 1. The van der Waals surface area contributed by atoms with Crippen LogP contribution in [0.3, 0.4) is 0 Å². The predicted octanol–water partition coefficient (Wildman–Crippen LogP) is 3.68. The van der Waals surface area contributed by atoms with E-state index in [2.05, 4.69) is 29.1 Å². The van der Waals surface area contributed by atoms with E-state index >= 15 is 0 Å². The minimum absolute atomic E-state index is 0.227. The van der Waals surface area contributed by atoms with E-state index in [4.69, 9.17) is 4.74 Å². The average molecular weight is 327 g/mol. The van der Waals surface area contributed by atoms with E-state index in [1.807, 2.05) is 45.2 Å². The number of ether oxygens (including phenoxy) is 1. The summed E-state index contributed by atoms with van der Waals surface area (Å²) >= 11 is 0. The lowest BCUT2D eigenvalue weighted by Crippen LogP contribution is -2.39. The number of anilines is 1. The molecule has 1 saturated heterocycles. The topological polar surface area (TPSA) is 45.7 Å². The molecule has 1 aromatic heterocycles. The van der Waals surface area contributed by atoms with Crippen LogP contribution in [0.4, 0.5) is 10.5 Å². The van der Waals surface area contributed by atoms with Gasteiger partial charge in [-0.15, -0.1) is 0 Å². The fraction of sp³-hybridized carbons (Fsp3) is 0.474. The van der Waals surface area contributed by atoms with Gasteiger partial charge in [0, 0.05) is 31.6 Å². The van der Waals surface area contributed by atoms with Gasteiger partial charge in [0.1, 0.15) is 5.60 Å². The molecule has 1 atom stereocenters. The lowest BCUT2D eigenvalue weighted by atomic mass is 10.1. The van der Waals surface area contributed by atoms with Crippen LogP contribution < -0.4 is 4.90 Å². The monoisotopic (exact) mass is 327 g/mol. The number of likely N-dealkylation sites (tertiary alicyclic amines) is 1. The first-order valence-corrected chi connectivity index (χ1v) is 8.39. The molecule has 0 unspecified atom stereocenters. The molecular weight excluding hydrogens is 302 g/mol. The maximum Gasteiger partial charge on any atom is 0.410 e. The number of nitrogens with zero attached hydrogens (tertiary/aromatic N) is 3. The van der Waals surface area contributed by atoms with E-state index in [0.717, 1.165) is 29.6 Å². The molecule has 1 aliphatic rings. The van der Waals surface area contributed by atoms with Crippen LogP contribution in [0.2, 0.25) is 0 Å². The molecule has 0 saturated carbocycles. The Bertz CT molecular complexity index is 739. The highest BCUT2D eigenvalue weighted by molar-refractivity contribution is 5.81. The molecule has 0 aliphatic carbocycles. The summed E-state index contributed by atoms with van der Waals surface area (Å²) < 4.78 is 5.47. The number of rotatable bonds is 2. The smallest absolute Gasteiger partial charge is 0.410 e. The fourth-order valence-corrected chi connectivity index (χ4v) is 3.01. The number of hydrogen-bond donors (Lipinski definition) is 0. The van der Waals surface area contributed by atoms with Gasteiger partial charge in [-0.1, -0.05) is 18.2 Å². The van der Waals surface area contributed by atoms with Gasteiger partial charge in [0.15, 0.2) is 0 Å². The highest BCUT2D eigenvalue weighted by Gasteiger charge is 2.31. The largest absolute Gasteiger partial charge is 0.444 e. The van der Waals surface area contributed by atoms with Crippen LogP contribution in [0.5, 0.6) is 0 Å². The molecule has 5 heteroatoms. The summed E-state index contributed by atoms with van der Waals surface area (Å²) in [5, 5.41) is 1.13. The average Bonchev–Trinajstić information content (AvgIpc) is 3.02. The van der Waals surface area contributed by atoms with E-state index in [1.165, 1.54) is 0 Å². The van der Waals surface area contributed by atoms with Crippen molar-refractivity contribution < 1.29 is 9.53 Å². The van der Waals surface area contributed by atoms with Gasteiger partial charge in [0.05, 0.1) is 17.4 Å². The number of pyridine rings is 1. The van der Waals surface area contributed by atoms with Crippen LogP contribution >= 0.6 is 0 Å². The Hall–Kier alpha value is -2.30. The summed E-state index contributed by atoms with van der Waals surface area (Å²) in [5.41, 5.74) is 1.62. The van der Waals surface area contributed by atoms with Crippen molar-refractivity contribution in [2.24, 2.45) is 0 Å². The van der Waals surface area contributed by atoms with Gasteiger partial charge < -0.3 is 14.5 Å². The number of likely N-dealkylation sites (N-methyl/N-ethyl adjacent to an activating group) is 1. The summed E-state index contributed by atoms with van der Waals surface area (Å²) in [5.74, 6) is 0. The molecule has 24 heavy (non-hydrogen) atoms. The Kier molecular flexibility index (Phi) is 4.35. The van der Waals surface area contributed by atoms with E-state index in [1.54, 1.807) is 4.90 Å². The van der Waals surface area contributed by atoms with Crippen molar-refractivity contribution in [2.75, 3.05) is 25.0 Å². The van der Waals surface area contributed by atoms with Crippen LogP contribution in [-0.2, 0) is 4.74 Å². The van der Waals surface area contributed by atoms with Crippen molar-refractivity contribution in [1.82, 2.24) is 9.88 Å². The second kappa shape index (κ2) is 6.30. The Morgan fingerprint density at radius 2 is 2.08 bits per heavy atom. The minimum atomic E-state index is -0.455. The van der Waals surface area contributed by atoms with Crippen LogP contribution in [0.25, 0.3) is 10.9 Å². The maximum atomic E-state index is 12.2. The lowest BCUT2D eigenvalue weighted by molar-refractivity contribution is 0.0292. The fourth-order valence-electron chi connectivity index (χ4n) is 3.01. The number of fused-ring (bicyclic) bond motifs is 1. The third kappa shape index (κ3) is 3.61. The van der Waals surface area contributed by atoms with E-state index < -0.39 is 5.60 Å². The van der Waals surface area contributed by atoms with Crippen LogP contribution in [0, 0.1) is 0 Å². The first-order chi connectivity index (χ1) is 11.3. The van der Waals surface area contributed by atoms with Crippen molar-refractivity contribution in [3.63, 3.8) is 0 Å². The summed E-state index contributed by atoms with van der Waals surface area (Å²) in [6.07, 6.45) is 2.61. The molecule has 128 valence electrons. The number of para-hydroxylation sites is 1. The molecule has 2 aromatic rings. The molecule has 0 N–H and O–H groups in total. The number of carbonyl (C=O) groups is 1. The Morgan fingerprint density at radius 1 is 1.33 bits per heavy atom. The molecule has 0 radical (unpaired) electrons. The van der Waals surface area contributed by atoms with Crippen molar-refractivity contribution in [3.05, 3.63) is 36.5 Å². The second-order valence-corrected chi connectivity index (χ2v) is 7.37. The molecule has 1 aromatic carbocycles. The van der Waals surface area contributed by atoms with Gasteiger partial charge in [0.25, 0.3) is 0 Å². The van der Waals surface area contributed by atoms with Crippen LogP contribution in [0.15, 0.2) is 36.5 Å². The molecule has 3 rings (SSSR count). The first kappa shape index (κ1) is 16.6. The number of amides is 1. The minimum Gasteiger partial charge on any atom is -0.444 e. The van der Waals surface area contributed by atoms with Crippen LogP contribution in [-0.4, -0.2) is 47.8 Å². The highest BCUT2D eigenvalue weighted by Crippen LogP contribution is 2.25. The van der Waals surface area contributed by atoms with Crippen molar-refractivity contribution in [1.29, 1.82) is 0 Å². The Morgan fingerprint density at radius 3 is 2.83 bits per heavy atom. The van der Waals surface area contributed by atoms with E-state index in [0.29, 0.717) is 6.54 Å². The van der Waals surface area contributed by atoms with Gasteiger partial charge in [0.2, 0.25) is 0 Å². The van der Waals surface area contributed by atoms with Crippen LogP contribution in [0.1, 0.15) is 27.2 Å². The zero-order valence-corrected chi connectivity index (χ0v) is 14.8.